The smallest absolute Gasteiger partial charge is 0.191 e. The lowest BCUT2D eigenvalue weighted by Gasteiger charge is -2.07. The van der Waals surface area contributed by atoms with Crippen LogP contribution in [0.15, 0.2) is 29.4 Å². The van der Waals surface area contributed by atoms with Crippen LogP contribution in [0.25, 0.3) is 0 Å². The highest BCUT2D eigenvalue weighted by Crippen LogP contribution is 2.07. The SMILES string of the molecule is CCCC/C(C)=N\NC(=S)Nc1ccc(F)cc1. The molecule has 5 heteroatoms. The Hall–Kier alpha value is -1.49. The largest absolute Gasteiger partial charge is 0.331 e. The van der Waals surface area contributed by atoms with Crippen molar-refractivity contribution in [3.8, 4) is 0 Å². The summed E-state index contributed by atoms with van der Waals surface area (Å²) in [5.74, 6) is -0.271. The van der Waals surface area contributed by atoms with Crippen LogP contribution in [0.1, 0.15) is 33.1 Å². The minimum absolute atomic E-state index is 0.271. The van der Waals surface area contributed by atoms with Crippen molar-refractivity contribution in [3.63, 3.8) is 0 Å². The Labute approximate surface area is 112 Å². The van der Waals surface area contributed by atoms with E-state index in [-0.39, 0.29) is 5.82 Å². The van der Waals surface area contributed by atoms with Crippen molar-refractivity contribution < 1.29 is 4.39 Å². The second-order valence-electron chi connectivity index (χ2n) is 4.02. The normalized spacial score (nSPS) is 11.2. The number of halogens is 1. The van der Waals surface area contributed by atoms with E-state index in [2.05, 4.69) is 22.8 Å². The third-order valence-electron chi connectivity index (χ3n) is 2.34. The highest BCUT2D eigenvalue weighted by molar-refractivity contribution is 7.80. The van der Waals surface area contributed by atoms with E-state index in [1.54, 1.807) is 12.1 Å². The molecule has 0 radical (unpaired) electrons. The van der Waals surface area contributed by atoms with E-state index in [0.29, 0.717) is 5.11 Å². The van der Waals surface area contributed by atoms with Crippen LogP contribution in [0.3, 0.4) is 0 Å². The first-order valence-electron chi connectivity index (χ1n) is 5.97. The van der Waals surface area contributed by atoms with E-state index in [1.807, 2.05) is 6.92 Å². The highest BCUT2D eigenvalue weighted by atomic mass is 32.1. The van der Waals surface area contributed by atoms with Crippen LogP contribution in [-0.2, 0) is 0 Å². The minimum atomic E-state index is -0.271. The van der Waals surface area contributed by atoms with Crippen LogP contribution >= 0.6 is 12.2 Å². The van der Waals surface area contributed by atoms with Gasteiger partial charge in [-0.05, 0) is 56.2 Å². The summed E-state index contributed by atoms with van der Waals surface area (Å²) in [6.07, 6.45) is 3.23. The summed E-state index contributed by atoms with van der Waals surface area (Å²) >= 11 is 5.08. The molecule has 2 N–H and O–H groups in total. The number of hydrogen-bond acceptors (Lipinski definition) is 2. The first-order chi connectivity index (χ1) is 8.61. The molecule has 0 spiro atoms. The minimum Gasteiger partial charge on any atom is -0.331 e. The van der Waals surface area contributed by atoms with Crippen LogP contribution in [0.4, 0.5) is 10.1 Å². The lowest BCUT2D eigenvalue weighted by atomic mass is 10.2. The number of hydrazone groups is 1. The number of hydrogen-bond donors (Lipinski definition) is 2. The summed E-state index contributed by atoms with van der Waals surface area (Å²) in [5.41, 5.74) is 4.51. The van der Waals surface area contributed by atoms with Crippen molar-refractivity contribution in [1.29, 1.82) is 0 Å². The maximum atomic E-state index is 12.7. The van der Waals surface area contributed by atoms with E-state index in [9.17, 15) is 4.39 Å². The molecular formula is C13H18FN3S. The molecule has 0 saturated carbocycles. The first kappa shape index (κ1) is 14.6. The molecule has 1 aromatic carbocycles. The molecule has 0 atom stereocenters. The van der Waals surface area contributed by atoms with Gasteiger partial charge in [0.1, 0.15) is 5.82 Å². The molecule has 0 heterocycles. The molecular weight excluding hydrogens is 249 g/mol. The predicted octanol–water partition coefficient (Wildman–Crippen LogP) is 3.68. The van der Waals surface area contributed by atoms with E-state index in [4.69, 9.17) is 12.2 Å². The fourth-order valence-electron chi connectivity index (χ4n) is 1.33. The summed E-state index contributed by atoms with van der Waals surface area (Å²) in [7, 11) is 0. The molecule has 0 amide bonds. The summed E-state index contributed by atoms with van der Waals surface area (Å²) in [6.45, 7) is 4.10. The van der Waals surface area contributed by atoms with Gasteiger partial charge < -0.3 is 5.32 Å². The van der Waals surface area contributed by atoms with Crippen LogP contribution in [0.2, 0.25) is 0 Å². The molecule has 1 aromatic rings. The average Bonchev–Trinajstić information content (AvgIpc) is 2.36. The Balaban J connectivity index is 2.39. The van der Waals surface area contributed by atoms with E-state index in [1.165, 1.54) is 12.1 Å². The number of nitrogens with zero attached hydrogens (tertiary/aromatic N) is 1. The van der Waals surface area contributed by atoms with Crippen molar-refractivity contribution in [1.82, 2.24) is 5.43 Å². The zero-order valence-corrected chi connectivity index (χ0v) is 11.5. The number of anilines is 1. The van der Waals surface area contributed by atoms with E-state index < -0.39 is 0 Å². The van der Waals surface area contributed by atoms with Gasteiger partial charge in [-0.15, -0.1) is 0 Å². The molecule has 0 unspecified atom stereocenters. The Kier molecular flexibility index (Phi) is 6.28. The van der Waals surface area contributed by atoms with Gasteiger partial charge in [-0.2, -0.15) is 5.10 Å². The lowest BCUT2D eigenvalue weighted by Crippen LogP contribution is -2.24. The number of nitrogens with one attached hydrogen (secondary N) is 2. The van der Waals surface area contributed by atoms with Gasteiger partial charge in [-0.1, -0.05) is 13.3 Å². The van der Waals surface area contributed by atoms with E-state index >= 15 is 0 Å². The maximum Gasteiger partial charge on any atom is 0.191 e. The molecule has 0 aliphatic carbocycles. The molecule has 0 aliphatic heterocycles. The fourth-order valence-corrected chi connectivity index (χ4v) is 1.49. The van der Waals surface area contributed by atoms with Crippen LogP contribution in [-0.4, -0.2) is 10.8 Å². The van der Waals surface area contributed by atoms with Crippen molar-refractivity contribution in [2.45, 2.75) is 33.1 Å². The highest BCUT2D eigenvalue weighted by Gasteiger charge is 1.97. The van der Waals surface area contributed by atoms with Gasteiger partial charge >= 0.3 is 0 Å². The van der Waals surface area contributed by atoms with Crippen LogP contribution in [0.5, 0.6) is 0 Å². The number of rotatable bonds is 5. The topological polar surface area (TPSA) is 36.4 Å². The molecule has 18 heavy (non-hydrogen) atoms. The molecule has 1 rings (SSSR count). The van der Waals surface area contributed by atoms with Crippen molar-refractivity contribution in [2.24, 2.45) is 5.10 Å². The third-order valence-corrected chi connectivity index (χ3v) is 2.54. The van der Waals surface area contributed by atoms with Crippen molar-refractivity contribution in [3.05, 3.63) is 30.1 Å². The van der Waals surface area contributed by atoms with Crippen LogP contribution in [0, 0.1) is 5.82 Å². The Morgan fingerprint density at radius 2 is 2.00 bits per heavy atom. The van der Waals surface area contributed by atoms with Gasteiger partial charge in [0.05, 0.1) is 0 Å². The summed E-state index contributed by atoms with van der Waals surface area (Å²) in [4.78, 5) is 0. The lowest BCUT2D eigenvalue weighted by molar-refractivity contribution is 0.628. The third kappa shape index (κ3) is 5.72. The Bertz CT molecular complexity index is 415. The molecule has 0 fully saturated rings. The summed E-state index contributed by atoms with van der Waals surface area (Å²) < 4.78 is 12.7. The second kappa shape index (κ2) is 7.76. The predicted molar refractivity (Wildman–Crippen MR) is 78.4 cm³/mol. The monoisotopic (exact) mass is 267 g/mol. The quantitative estimate of drug-likeness (QED) is 0.485. The zero-order valence-electron chi connectivity index (χ0n) is 10.7. The van der Waals surface area contributed by atoms with E-state index in [0.717, 1.165) is 30.7 Å². The maximum absolute atomic E-state index is 12.7. The molecule has 0 bridgehead atoms. The van der Waals surface area contributed by atoms with Crippen LogP contribution < -0.4 is 10.7 Å². The Morgan fingerprint density at radius 1 is 1.33 bits per heavy atom. The van der Waals surface area contributed by atoms with Crippen molar-refractivity contribution >= 4 is 28.7 Å². The molecule has 3 nitrogen and oxygen atoms in total. The molecule has 98 valence electrons. The van der Waals surface area contributed by atoms with Gasteiger partial charge in [0.25, 0.3) is 0 Å². The van der Waals surface area contributed by atoms with Gasteiger partial charge in [0, 0.05) is 11.4 Å². The molecule has 0 aliphatic rings. The summed E-state index contributed by atoms with van der Waals surface area (Å²) in [6, 6.07) is 6.00. The van der Waals surface area contributed by atoms with Gasteiger partial charge in [-0.25, -0.2) is 4.39 Å². The first-order valence-corrected chi connectivity index (χ1v) is 6.38. The second-order valence-corrected chi connectivity index (χ2v) is 4.43. The van der Waals surface area contributed by atoms with Crippen molar-refractivity contribution in [2.75, 3.05) is 5.32 Å². The number of unbranched alkanes of at least 4 members (excludes halogenated alkanes) is 1. The zero-order chi connectivity index (χ0) is 13.4. The standard InChI is InChI=1S/C13H18FN3S/c1-3-4-5-10(2)16-17-13(18)15-12-8-6-11(14)7-9-12/h6-9H,3-5H2,1-2H3,(H2,15,17,18)/b16-10-. The number of thiocarbonyl (C=S) groups is 1. The Morgan fingerprint density at radius 3 is 2.61 bits per heavy atom. The molecule has 0 aromatic heterocycles. The fraction of sp³-hybridized carbons (Fsp3) is 0.385. The summed E-state index contributed by atoms with van der Waals surface area (Å²) in [5, 5.41) is 7.49. The van der Waals surface area contributed by atoms with Gasteiger partial charge in [-0.3, -0.25) is 5.43 Å². The van der Waals surface area contributed by atoms with Gasteiger partial charge in [0.15, 0.2) is 5.11 Å². The van der Waals surface area contributed by atoms with Gasteiger partial charge in [0.2, 0.25) is 0 Å². The number of benzene rings is 1. The average molecular weight is 267 g/mol. The molecule has 0 saturated heterocycles.